The lowest BCUT2D eigenvalue weighted by atomic mass is 9.96. The third-order valence-electron chi connectivity index (χ3n) is 6.02. The van der Waals surface area contributed by atoms with Crippen LogP contribution in [0.1, 0.15) is 31.7 Å². The molecule has 2 saturated heterocycles. The van der Waals surface area contributed by atoms with Gasteiger partial charge in [0.15, 0.2) is 0 Å². The standard InChI is InChI=1S/C24H38N4O3S/c1-2-31-14-4-9-25-24(30)21-7-10-27(11-8-21)19-23(29)26-22-6-3-5-20(17-22)18-28-12-15-32-16-13-28/h3,5-6,17,21H,2,4,7-16,18-19H2,1H3,(H,25,30)(H,26,29). The van der Waals surface area contributed by atoms with E-state index in [-0.39, 0.29) is 17.7 Å². The van der Waals surface area contributed by atoms with E-state index in [1.54, 1.807) is 0 Å². The first-order valence-electron chi connectivity index (χ1n) is 11.9. The summed E-state index contributed by atoms with van der Waals surface area (Å²) in [5, 5.41) is 6.06. The van der Waals surface area contributed by atoms with Gasteiger partial charge >= 0.3 is 0 Å². The van der Waals surface area contributed by atoms with Gasteiger partial charge in [0, 0.05) is 62.5 Å². The third kappa shape index (κ3) is 8.73. The van der Waals surface area contributed by atoms with Crippen molar-refractivity contribution in [2.24, 2.45) is 5.92 Å². The van der Waals surface area contributed by atoms with Crippen LogP contribution in [0.5, 0.6) is 0 Å². The Morgan fingerprint density at radius 1 is 1.12 bits per heavy atom. The molecule has 178 valence electrons. The summed E-state index contributed by atoms with van der Waals surface area (Å²) in [5.74, 6) is 2.59. The lowest BCUT2D eigenvalue weighted by Gasteiger charge is -2.30. The quantitative estimate of drug-likeness (QED) is 0.492. The van der Waals surface area contributed by atoms with Gasteiger partial charge in [-0.05, 0) is 57.0 Å². The molecular formula is C24H38N4O3S. The Hall–Kier alpha value is -1.61. The number of nitrogens with zero attached hydrogens (tertiary/aromatic N) is 2. The number of nitrogens with one attached hydrogen (secondary N) is 2. The van der Waals surface area contributed by atoms with E-state index in [9.17, 15) is 9.59 Å². The number of hydrogen-bond donors (Lipinski definition) is 2. The van der Waals surface area contributed by atoms with Crippen molar-refractivity contribution in [1.82, 2.24) is 15.1 Å². The highest BCUT2D eigenvalue weighted by molar-refractivity contribution is 7.99. The fourth-order valence-electron chi connectivity index (χ4n) is 4.20. The Kier molecular flexibility index (Phi) is 10.8. The minimum Gasteiger partial charge on any atom is -0.382 e. The van der Waals surface area contributed by atoms with E-state index in [2.05, 4.69) is 32.6 Å². The minimum absolute atomic E-state index is 0.00958. The maximum atomic E-state index is 12.6. The predicted molar refractivity (Wildman–Crippen MR) is 131 cm³/mol. The van der Waals surface area contributed by atoms with Crippen molar-refractivity contribution in [3.63, 3.8) is 0 Å². The number of ether oxygens (including phenoxy) is 1. The van der Waals surface area contributed by atoms with Gasteiger partial charge in [-0.1, -0.05) is 12.1 Å². The zero-order valence-corrected chi connectivity index (χ0v) is 20.1. The molecule has 0 saturated carbocycles. The Bertz CT molecular complexity index is 719. The van der Waals surface area contributed by atoms with Crippen molar-refractivity contribution in [1.29, 1.82) is 0 Å². The van der Waals surface area contributed by atoms with Crippen LogP contribution in [-0.4, -0.2) is 85.6 Å². The van der Waals surface area contributed by atoms with Crippen molar-refractivity contribution in [3.05, 3.63) is 29.8 Å². The van der Waals surface area contributed by atoms with Crippen molar-refractivity contribution in [2.45, 2.75) is 32.7 Å². The summed E-state index contributed by atoms with van der Waals surface area (Å²) in [5.41, 5.74) is 2.10. The zero-order valence-electron chi connectivity index (χ0n) is 19.3. The number of rotatable bonds is 11. The first-order valence-corrected chi connectivity index (χ1v) is 13.1. The second kappa shape index (κ2) is 13.8. The Morgan fingerprint density at radius 3 is 2.66 bits per heavy atom. The van der Waals surface area contributed by atoms with Crippen LogP contribution in [0.2, 0.25) is 0 Å². The van der Waals surface area contributed by atoms with Gasteiger partial charge in [0.2, 0.25) is 11.8 Å². The fraction of sp³-hybridized carbons (Fsp3) is 0.667. The molecule has 2 N–H and O–H groups in total. The van der Waals surface area contributed by atoms with Crippen LogP contribution < -0.4 is 10.6 Å². The first-order chi connectivity index (χ1) is 15.6. The number of benzene rings is 1. The van der Waals surface area contributed by atoms with Crippen molar-refractivity contribution >= 4 is 29.3 Å². The number of piperidine rings is 1. The van der Waals surface area contributed by atoms with Gasteiger partial charge in [0.25, 0.3) is 0 Å². The molecule has 2 aliphatic heterocycles. The number of likely N-dealkylation sites (tertiary alicyclic amines) is 1. The molecule has 1 aromatic carbocycles. The molecule has 7 nitrogen and oxygen atoms in total. The second-order valence-electron chi connectivity index (χ2n) is 8.53. The summed E-state index contributed by atoms with van der Waals surface area (Å²) in [4.78, 5) is 29.5. The van der Waals surface area contributed by atoms with E-state index in [1.807, 2.05) is 30.8 Å². The molecule has 2 fully saturated rings. The number of carbonyl (C=O) groups is 2. The predicted octanol–water partition coefficient (Wildman–Crippen LogP) is 2.43. The van der Waals surface area contributed by atoms with Crippen molar-refractivity contribution in [2.75, 3.05) is 69.3 Å². The Labute approximate surface area is 196 Å². The molecular weight excluding hydrogens is 424 g/mol. The normalized spacial score (nSPS) is 18.4. The SMILES string of the molecule is CCOCCCNC(=O)C1CCN(CC(=O)Nc2cccc(CN3CCSCC3)c2)CC1. The number of amides is 2. The summed E-state index contributed by atoms with van der Waals surface area (Å²) < 4.78 is 5.30. The van der Waals surface area contributed by atoms with Gasteiger partial charge in [-0.25, -0.2) is 0 Å². The average molecular weight is 463 g/mol. The van der Waals surface area contributed by atoms with Crippen molar-refractivity contribution in [3.8, 4) is 0 Å². The van der Waals surface area contributed by atoms with E-state index in [4.69, 9.17) is 4.74 Å². The van der Waals surface area contributed by atoms with E-state index in [0.717, 1.165) is 57.7 Å². The molecule has 0 bridgehead atoms. The van der Waals surface area contributed by atoms with Gasteiger partial charge in [0.05, 0.1) is 6.54 Å². The monoisotopic (exact) mass is 462 g/mol. The Balaban J connectivity index is 1.35. The van der Waals surface area contributed by atoms with Gasteiger partial charge in [-0.15, -0.1) is 0 Å². The van der Waals surface area contributed by atoms with Crippen molar-refractivity contribution < 1.29 is 14.3 Å². The van der Waals surface area contributed by atoms with E-state index < -0.39 is 0 Å². The van der Waals surface area contributed by atoms with Crippen LogP contribution in [0.25, 0.3) is 0 Å². The molecule has 2 aliphatic rings. The summed E-state index contributed by atoms with van der Waals surface area (Å²) in [6.07, 6.45) is 2.44. The van der Waals surface area contributed by atoms with Crippen LogP contribution in [-0.2, 0) is 20.9 Å². The third-order valence-corrected chi connectivity index (χ3v) is 6.96. The maximum absolute atomic E-state index is 12.6. The summed E-state index contributed by atoms with van der Waals surface area (Å²) in [7, 11) is 0. The van der Waals surface area contributed by atoms with Gasteiger partial charge < -0.3 is 15.4 Å². The molecule has 0 atom stereocenters. The van der Waals surface area contributed by atoms with Crippen LogP contribution in [0.15, 0.2) is 24.3 Å². The average Bonchev–Trinajstić information content (AvgIpc) is 2.80. The molecule has 3 rings (SSSR count). The number of carbonyl (C=O) groups excluding carboxylic acids is 2. The number of hydrogen-bond acceptors (Lipinski definition) is 6. The lowest BCUT2D eigenvalue weighted by Crippen LogP contribution is -2.43. The molecule has 0 aliphatic carbocycles. The fourth-order valence-corrected chi connectivity index (χ4v) is 5.18. The Morgan fingerprint density at radius 2 is 1.91 bits per heavy atom. The second-order valence-corrected chi connectivity index (χ2v) is 9.75. The van der Waals surface area contributed by atoms with Crippen LogP contribution in [0, 0.1) is 5.92 Å². The van der Waals surface area contributed by atoms with E-state index in [1.165, 1.54) is 17.1 Å². The highest BCUT2D eigenvalue weighted by atomic mass is 32.2. The van der Waals surface area contributed by atoms with Gasteiger partial charge in [-0.2, -0.15) is 11.8 Å². The highest BCUT2D eigenvalue weighted by Gasteiger charge is 2.25. The zero-order chi connectivity index (χ0) is 22.6. The lowest BCUT2D eigenvalue weighted by molar-refractivity contribution is -0.126. The van der Waals surface area contributed by atoms with Crippen LogP contribution in [0.4, 0.5) is 5.69 Å². The number of thioether (sulfide) groups is 1. The molecule has 32 heavy (non-hydrogen) atoms. The largest absolute Gasteiger partial charge is 0.382 e. The minimum atomic E-state index is 0.00958. The number of anilines is 1. The molecule has 2 heterocycles. The van der Waals surface area contributed by atoms with Gasteiger partial charge in [-0.3, -0.25) is 19.4 Å². The van der Waals surface area contributed by atoms with E-state index >= 15 is 0 Å². The summed E-state index contributed by atoms with van der Waals surface area (Å²) in [6.45, 7) is 9.15. The molecule has 0 spiro atoms. The summed E-state index contributed by atoms with van der Waals surface area (Å²) >= 11 is 2.01. The molecule has 1 aromatic rings. The topological polar surface area (TPSA) is 73.9 Å². The first kappa shape index (κ1) is 25.0. The van der Waals surface area contributed by atoms with Crippen LogP contribution in [0.3, 0.4) is 0 Å². The van der Waals surface area contributed by atoms with E-state index in [0.29, 0.717) is 26.3 Å². The molecule has 8 heteroatoms. The summed E-state index contributed by atoms with van der Waals surface area (Å²) in [6, 6.07) is 8.18. The molecule has 2 amide bonds. The molecule has 0 aromatic heterocycles. The smallest absolute Gasteiger partial charge is 0.238 e. The molecule has 0 unspecified atom stereocenters. The highest BCUT2D eigenvalue weighted by Crippen LogP contribution is 2.18. The van der Waals surface area contributed by atoms with Crippen LogP contribution >= 0.6 is 11.8 Å². The van der Waals surface area contributed by atoms with Gasteiger partial charge in [0.1, 0.15) is 0 Å². The molecule has 0 radical (unpaired) electrons. The maximum Gasteiger partial charge on any atom is 0.238 e.